The molecule has 0 spiro atoms. The molecule has 0 saturated heterocycles. The summed E-state index contributed by atoms with van der Waals surface area (Å²) >= 11 is 0. The van der Waals surface area contributed by atoms with Crippen LogP contribution in [0.3, 0.4) is 0 Å². The molecule has 10 nitrogen and oxygen atoms in total. The summed E-state index contributed by atoms with van der Waals surface area (Å²) in [5, 5.41) is 6.20. The highest BCUT2D eigenvalue weighted by molar-refractivity contribution is 6.13. The Morgan fingerprint density at radius 2 is 1.52 bits per heavy atom. The fourth-order valence-corrected chi connectivity index (χ4v) is 4.22. The van der Waals surface area contributed by atoms with Crippen LogP contribution in [0.1, 0.15) is 64.4 Å². The molecule has 0 aliphatic heterocycles. The molecular formula is C30H34N4O6. The van der Waals surface area contributed by atoms with E-state index < -0.39 is 29.4 Å². The predicted molar refractivity (Wildman–Crippen MR) is 152 cm³/mol. The number of benzene rings is 2. The minimum absolute atomic E-state index is 0.0137. The Morgan fingerprint density at radius 3 is 2.12 bits per heavy atom. The summed E-state index contributed by atoms with van der Waals surface area (Å²) in [6.07, 6.45) is 0.865. The van der Waals surface area contributed by atoms with E-state index in [4.69, 9.17) is 14.2 Å². The van der Waals surface area contributed by atoms with E-state index in [1.54, 1.807) is 48.5 Å². The van der Waals surface area contributed by atoms with Crippen molar-refractivity contribution >= 4 is 40.4 Å². The van der Waals surface area contributed by atoms with Crippen LogP contribution < -0.4 is 4.90 Å². The van der Waals surface area contributed by atoms with Crippen molar-refractivity contribution in [2.75, 3.05) is 11.5 Å². The standard InChI is InChI=1S/C30H34N4O6/c1-9-38-26(35)23-17-32-34-24(23)31-16-22(21-15-18(2)14-19-12-10-11-13-20(19)21)25(34)33(27(36)39-29(3,4)5)28(37)40-30(6,7)8/h10-17H,9H2,1-8H3. The highest BCUT2D eigenvalue weighted by Gasteiger charge is 2.37. The van der Waals surface area contributed by atoms with Gasteiger partial charge in [0.1, 0.15) is 16.8 Å². The first-order valence-electron chi connectivity index (χ1n) is 13.0. The van der Waals surface area contributed by atoms with Gasteiger partial charge in [-0.15, -0.1) is 0 Å². The number of nitrogens with zero attached hydrogens (tertiary/aromatic N) is 4. The first kappa shape index (κ1) is 28.5. The van der Waals surface area contributed by atoms with Crippen LogP contribution in [0.5, 0.6) is 0 Å². The summed E-state index contributed by atoms with van der Waals surface area (Å²) in [5.41, 5.74) is 0.379. The van der Waals surface area contributed by atoms with Crippen LogP contribution in [0, 0.1) is 6.92 Å². The Balaban J connectivity index is 2.10. The molecule has 0 unspecified atom stereocenters. The predicted octanol–water partition coefficient (Wildman–Crippen LogP) is 6.71. The number of imide groups is 1. The second kappa shape index (κ2) is 10.6. The zero-order valence-electron chi connectivity index (χ0n) is 24.1. The fourth-order valence-electron chi connectivity index (χ4n) is 4.22. The van der Waals surface area contributed by atoms with Crippen molar-refractivity contribution in [1.82, 2.24) is 14.6 Å². The normalized spacial score (nSPS) is 11.9. The van der Waals surface area contributed by atoms with Gasteiger partial charge >= 0.3 is 18.2 Å². The first-order valence-corrected chi connectivity index (χ1v) is 13.0. The lowest BCUT2D eigenvalue weighted by Crippen LogP contribution is -2.45. The number of fused-ring (bicyclic) bond motifs is 2. The first-order chi connectivity index (χ1) is 18.7. The Kier molecular flexibility index (Phi) is 7.56. The number of carbonyl (C=O) groups is 3. The molecular weight excluding hydrogens is 512 g/mol. The number of carbonyl (C=O) groups excluding carboxylic acids is 3. The molecule has 0 bridgehead atoms. The summed E-state index contributed by atoms with van der Waals surface area (Å²) in [5.74, 6) is -0.620. The van der Waals surface area contributed by atoms with Crippen LogP contribution in [0.25, 0.3) is 27.5 Å². The molecule has 0 aliphatic rings. The van der Waals surface area contributed by atoms with E-state index in [9.17, 15) is 14.4 Å². The van der Waals surface area contributed by atoms with E-state index in [-0.39, 0.29) is 23.6 Å². The number of anilines is 1. The van der Waals surface area contributed by atoms with Gasteiger partial charge in [0.05, 0.1) is 12.8 Å². The Hall–Kier alpha value is -4.47. The third-order valence-corrected chi connectivity index (χ3v) is 5.66. The second-order valence-corrected chi connectivity index (χ2v) is 11.3. The molecule has 0 fully saturated rings. The average molecular weight is 547 g/mol. The number of aromatic nitrogens is 3. The van der Waals surface area contributed by atoms with Crippen molar-refractivity contribution in [2.24, 2.45) is 0 Å². The van der Waals surface area contributed by atoms with E-state index in [0.717, 1.165) is 21.2 Å². The lowest BCUT2D eigenvalue weighted by molar-refractivity contribution is 0.0426. The van der Waals surface area contributed by atoms with Gasteiger partial charge < -0.3 is 14.2 Å². The number of aryl methyl sites for hydroxylation is 1. The number of hydrogen-bond donors (Lipinski definition) is 0. The van der Waals surface area contributed by atoms with Crippen LogP contribution in [0.4, 0.5) is 15.4 Å². The summed E-state index contributed by atoms with van der Waals surface area (Å²) < 4.78 is 17.8. The van der Waals surface area contributed by atoms with Gasteiger partial charge in [0.25, 0.3) is 0 Å². The minimum Gasteiger partial charge on any atom is -0.462 e. The zero-order chi connectivity index (χ0) is 29.4. The maximum Gasteiger partial charge on any atom is 0.425 e. The zero-order valence-corrected chi connectivity index (χ0v) is 24.1. The Bertz CT molecular complexity index is 1580. The molecule has 2 aromatic heterocycles. The van der Waals surface area contributed by atoms with Crippen molar-refractivity contribution < 1.29 is 28.6 Å². The van der Waals surface area contributed by atoms with Crippen molar-refractivity contribution in [3.63, 3.8) is 0 Å². The third kappa shape index (κ3) is 5.90. The molecule has 2 aromatic carbocycles. The summed E-state index contributed by atoms with van der Waals surface area (Å²) in [7, 11) is 0. The molecule has 0 atom stereocenters. The van der Waals surface area contributed by atoms with E-state index in [0.29, 0.717) is 11.1 Å². The number of ether oxygens (including phenoxy) is 3. The SMILES string of the molecule is CCOC(=O)c1cnn2c(N(C(=O)OC(C)(C)C)C(=O)OC(C)(C)C)c(-c3cc(C)cc4ccccc34)cnc12. The maximum absolute atomic E-state index is 13.7. The summed E-state index contributed by atoms with van der Waals surface area (Å²) in [6, 6.07) is 11.7. The molecule has 210 valence electrons. The topological polar surface area (TPSA) is 112 Å². The molecule has 0 N–H and O–H groups in total. The average Bonchev–Trinajstić information content (AvgIpc) is 3.26. The van der Waals surface area contributed by atoms with Crippen LogP contribution in [-0.4, -0.2) is 50.6 Å². The van der Waals surface area contributed by atoms with E-state index >= 15 is 0 Å². The molecule has 0 saturated carbocycles. The van der Waals surface area contributed by atoms with Crippen molar-refractivity contribution in [2.45, 2.75) is 66.6 Å². The smallest absolute Gasteiger partial charge is 0.425 e. The summed E-state index contributed by atoms with van der Waals surface area (Å²) in [6.45, 7) is 14.0. The van der Waals surface area contributed by atoms with Crippen molar-refractivity contribution in [1.29, 1.82) is 0 Å². The molecule has 10 heteroatoms. The van der Waals surface area contributed by atoms with Crippen LogP contribution >= 0.6 is 0 Å². The van der Waals surface area contributed by atoms with Gasteiger partial charge in [-0.2, -0.15) is 14.5 Å². The van der Waals surface area contributed by atoms with E-state index in [1.165, 1.54) is 16.9 Å². The van der Waals surface area contributed by atoms with Crippen molar-refractivity contribution in [3.05, 3.63) is 59.9 Å². The Morgan fingerprint density at radius 1 is 0.900 bits per heavy atom. The monoisotopic (exact) mass is 546 g/mol. The number of amides is 2. The molecule has 0 radical (unpaired) electrons. The number of esters is 1. The van der Waals surface area contributed by atoms with E-state index in [1.807, 2.05) is 43.3 Å². The Labute approximate surface area is 232 Å². The van der Waals surface area contributed by atoms with Gasteiger partial charge in [0.15, 0.2) is 11.5 Å². The highest BCUT2D eigenvalue weighted by atomic mass is 16.6. The van der Waals surface area contributed by atoms with Gasteiger partial charge in [0, 0.05) is 11.8 Å². The number of hydrogen-bond acceptors (Lipinski definition) is 8. The molecule has 40 heavy (non-hydrogen) atoms. The third-order valence-electron chi connectivity index (χ3n) is 5.66. The highest BCUT2D eigenvalue weighted by Crippen LogP contribution is 2.38. The molecule has 4 rings (SSSR count). The number of rotatable bonds is 4. The molecule has 2 amide bonds. The molecule has 0 aliphatic carbocycles. The van der Waals surface area contributed by atoms with Crippen molar-refractivity contribution in [3.8, 4) is 11.1 Å². The quantitative estimate of drug-likeness (QED) is 0.205. The van der Waals surface area contributed by atoms with Gasteiger partial charge in [-0.1, -0.05) is 36.4 Å². The lowest BCUT2D eigenvalue weighted by Gasteiger charge is -2.29. The second-order valence-electron chi connectivity index (χ2n) is 11.3. The largest absolute Gasteiger partial charge is 0.462 e. The lowest BCUT2D eigenvalue weighted by atomic mass is 9.97. The van der Waals surface area contributed by atoms with Crippen LogP contribution in [0.15, 0.2) is 48.8 Å². The van der Waals surface area contributed by atoms with Gasteiger partial charge in [-0.25, -0.2) is 19.4 Å². The van der Waals surface area contributed by atoms with Crippen LogP contribution in [0.2, 0.25) is 0 Å². The van der Waals surface area contributed by atoms with Crippen LogP contribution in [-0.2, 0) is 14.2 Å². The minimum atomic E-state index is -0.972. The summed E-state index contributed by atoms with van der Waals surface area (Å²) in [4.78, 5) is 45.5. The molecule has 2 heterocycles. The van der Waals surface area contributed by atoms with Gasteiger partial charge in [-0.3, -0.25) is 0 Å². The van der Waals surface area contributed by atoms with E-state index in [2.05, 4.69) is 10.1 Å². The van der Waals surface area contributed by atoms with Gasteiger partial charge in [-0.05, 0) is 77.3 Å². The maximum atomic E-state index is 13.7. The molecule has 4 aromatic rings. The van der Waals surface area contributed by atoms with Gasteiger partial charge in [0.2, 0.25) is 0 Å². The fraction of sp³-hybridized carbons (Fsp3) is 0.367.